The molecule has 11 heteroatoms. The fourth-order valence-electron chi connectivity index (χ4n) is 2.75. The molecule has 0 unspecified atom stereocenters. The van der Waals surface area contributed by atoms with Crippen LogP contribution < -0.4 is 10.6 Å². The first kappa shape index (κ1) is 22.8. The number of ether oxygens (including phenoxy) is 1. The number of nitrogens with one attached hydrogen (secondary N) is 2. The number of nitrogens with zero attached hydrogens (tertiary/aromatic N) is 1. The molecule has 0 aromatic heterocycles. The molecular formula is C18H24FN3O6S. The molecule has 9 nitrogen and oxygen atoms in total. The predicted molar refractivity (Wildman–Crippen MR) is 101 cm³/mol. The molecule has 1 aliphatic rings. The monoisotopic (exact) mass is 429 g/mol. The molecule has 1 aromatic carbocycles. The van der Waals surface area contributed by atoms with E-state index >= 15 is 0 Å². The van der Waals surface area contributed by atoms with E-state index < -0.39 is 45.3 Å². The van der Waals surface area contributed by atoms with Crippen LogP contribution in [0.4, 0.5) is 9.18 Å². The van der Waals surface area contributed by atoms with Gasteiger partial charge < -0.3 is 10.1 Å². The van der Waals surface area contributed by atoms with E-state index in [4.69, 9.17) is 4.74 Å². The van der Waals surface area contributed by atoms with Crippen molar-refractivity contribution in [3.63, 3.8) is 0 Å². The molecule has 160 valence electrons. The zero-order chi connectivity index (χ0) is 21.6. The summed E-state index contributed by atoms with van der Waals surface area (Å²) in [5, 5.41) is 4.41. The van der Waals surface area contributed by atoms with Crippen molar-refractivity contribution in [1.29, 1.82) is 0 Å². The van der Waals surface area contributed by atoms with Gasteiger partial charge >= 0.3 is 12.0 Å². The van der Waals surface area contributed by atoms with E-state index in [0.717, 1.165) is 24.6 Å². The van der Waals surface area contributed by atoms with Crippen LogP contribution in [0.25, 0.3) is 0 Å². The minimum Gasteiger partial charge on any atom is -0.452 e. The number of esters is 1. The normalized spacial score (nSPS) is 15.0. The third-order valence-corrected chi connectivity index (χ3v) is 6.02. The molecule has 0 aliphatic carbocycles. The highest BCUT2D eigenvalue weighted by atomic mass is 32.2. The first-order chi connectivity index (χ1) is 13.6. The van der Waals surface area contributed by atoms with Gasteiger partial charge in [0.2, 0.25) is 10.0 Å². The summed E-state index contributed by atoms with van der Waals surface area (Å²) in [6, 6.07) is 1.90. The number of sulfonamides is 1. The Morgan fingerprint density at radius 3 is 2.45 bits per heavy atom. The summed E-state index contributed by atoms with van der Waals surface area (Å²) < 4.78 is 45.5. The van der Waals surface area contributed by atoms with Gasteiger partial charge in [-0.25, -0.2) is 22.4 Å². The summed E-state index contributed by atoms with van der Waals surface area (Å²) in [7, 11) is -4.09. The zero-order valence-corrected chi connectivity index (χ0v) is 17.1. The van der Waals surface area contributed by atoms with Crippen LogP contribution in [0, 0.1) is 5.82 Å². The lowest BCUT2D eigenvalue weighted by Gasteiger charge is -2.26. The third-order valence-electron chi connectivity index (χ3n) is 4.11. The molecule has 1 fully saturated rings. The number of hydrogen-bond donors (Lipinski definition) is 2. The van der Waals surface area contributed by atoms with E-state index in [-0.39, 0.29) is 24.7 Å². The van der Waals surface area contributed by atoms with Crippen molar-refractivity contribution in [2.45, 2.75) is 44.0 Å². The van der Waals surface area contributed by atoms with Crippen molar-refractivity contribution in [1.82, 2.24) is 14.9 Å². The average Bonchev–Trinajstić information content (AvgIpc) is 2.66. The maximum atomic E-state index is 14.2. The number of amides is 3. The molecule has 3 amide bonds. The fraction of sp³-hybridized carbons (Fsp3) is 0.500. The van der Waals surface area contributed by atoms with Crippen LogP contribution in [0.5, 0.6) is 0 Å². The predicted octanol–water partition coefficient (Wildman–Crippen LogP) is 1.39. The molecule has 0 saturated carbocycles. The highest BCUT2D eigenvalue weighted by Crippen LogP contribution is 2.24. The number of carbonyl (C=O) groups excluding carboxylic acids is 3. The van der Waals surface area contributed by atoms with Crippen LogP contribution in [0.2, 0.25) is 0 Å². The molecule has 1 heterocycles. The Morgan fingerprint density at radius 1 is 1.17 bits per heavy atom. The molecule has 0 radical (unpaired) electrons. The number of piperidine rings is 1. The SMILES string of the molecule is CC(C)NC(=O)NC(=O)COC(=O)c1ccc(F)c(S(=O)(=O)N2CCCCC2)c1. The molecule has 0 spiro atoms. The van der Waals surface area contributed by atoms with Crippen molar-refractivity contribution < 1.29 is 31.9 Å². The molecule has 29 heavy (non-hydrogen) atoms. The highest BCUT2D eigenvalue weighted by Gasteiger charge is 2.29. The molecule has 2 N–H and O–H groups in total. The van der Waals surface area contributed by atoms with Gasteiger partial charge in [0.05, 0.1) is 5.56 Å². The van der Waals surface area contributed by atoms with Gasteiger partial charge in [-0.05, 0) is 44.9 Å². The van der Waals surface area contributed by atoms with Gasteiger partial charge in [-0.1, -0.05) is 6.42 Å². The van der Waals surface area contributed by atoms with E-state index in [1.165, 1.54) is 4.31 Å². The van der Waals surface area contributed by atoms with E-state index in [9.17, 15) is 27.2 Å². The summed E-state index contributed by atoms with van der Waals surface area (Å²) in [6.07, 6.45) is 2.27. The minimum atomic E-state index is -4.09. The van der Waals surface area contributed by atoms with E-state index in [0.29, 0.717) is 12.8 Å². The number of carbonyl (C=O) groups is 3. The van der Waals surface area contributed by atoms with E-state index in [1.807, 2.05) is 5.32 Å². The second-order valence-corrected chi connectivity index (χ2v) is 8.77. The molecule has 0 bridgehead atoms. The average molecular weight is 429 g/mol. The standard InChI is InChI=1S/C18H24FN3O6S/c1-12(2)20-18(25)21-16(23)11-28-17(24)13-6-7-14(19)15(10-13)29(26,27)22-8-4-3-5-9-22/h6-7,10,12H,3-5,8-9,11H2,1-2H3,(H2,20,21,23,25). The quantitative estimate of drug-likeness (QED) is 0.659. The lowest BCUT2D eigenvalue weighted by atomic mass is 10.2. The summed E-state index contributed by atoms with van der Waals surface area (Å²) in [5.74, 6) is -2.85. The Kier molecular flexibility index (Phi) is 7.68. The van der Waals surface area contributed by atoms with Crippen LogP contribution in [-0.4, -0.2) is 56.4 Å². The summed E-state index contributed by atoms with van der Waals surface area (Å²) in [5.41, 5.74) is -0.221. The van der Waals surface area contributed by atoms with Gasteiger partial charge in [0, 0.05) is 19.1 Å². The smallest absolute Gasteiger partial charge is 0.338 e. The lowest BCUT2D eigenvalue weighted by molar-refractivity contribution is -0.123. The van der Waals surface area contributed by atoms with Gasteiger partial charge in [0.25, 0.3) is 5.91 Å². The van der Waals surface area contributed by atoms with Gasteiger partial charge in [0.15, 0.2) is 6.61 Å². The number of imide groups is 1. The van der Waals surface area contributed by atoms with Gasteiger partial charge in [-0.15, -0.1) is 0 Å². The van der Waals surface area contributed by atoms with Gasteiger partial charge in [0.1, 0.15) is 10.7 Å². The Balaban J connectivity index is 2.05. The summed E-state index contributed by atoms with van der Waals surface area (Å²) in [4.78, 5) is 34.6. The third kappa shape index (κ3) is 6.23. The Bertz CT molecular complexity index is 882. The van der Waals surface area contributed by atoms with E-state index in [2.05, 4.69) is 5.32 Å². The summed E-state index contributed by atoms with van der Waals surface area (Å²) in [6.45, 7) is 3.22. The highest BCUT2D eigenvalue weighted by molar-refractivity contribution is 7.89. The molecule has 0 atom stereocenters. The van der Waals surface area contributed by atoms with Gasteiger partial charge in [-0.3, -0.25) is 10.1 Å². The van der Waals surface area contributed by atoms with Crippen LogP contribution in [-0.2, 0) is 19.6 Å². The van der Waals surface area contributed by atoms with Crippen molar-refractivity contribution in [2.75, 3.05) is 19.7 Å². The van der Waals surface area contributed by atoms with Crippen molar-refractivity contribution in [3.05, 3.63) is 29.6 Å². The molecule has 1 saturated heterocycles. The van der Waals surface area contributed by atoms with Crippen LogP contribution in [0.1, 0.15) is 43.5 Å². The Labute approximate surface area is 168 Å². The number of rotatable bonds is 6. The van der Waals surface area contributed by atoms with Crippen molar-refractivity contribution in [2.24, 2.45) is 0 Å². The van der Waals surface area contributed by atoms with Crippen LogP contribution in [0.15, 0.2) is 23.1 Å². The molecular weight excluding hydrogens is 405 g/mol. The van der Waals surface area contributed by atoms with Crippen molar-refractivity contribution in [3.8, 4) is 0 Å². The van der Waals surface area contributed by atoms with Crippen LogP contribution in [0.3, 0.4) is 0 Å². The second kappa shape index (κ2) is 9.79. The Hall–Kier alpha value is -2.53. The maximum Gasteiger partial charge on any atom is 0.338 e. The number of hydrogen-bond acceptors (Lipinski definition) is 6. The van der Waals surface area contributed by atoms with Crippen LogP contribution >= 0.6 is 0 Å². The minimum absolute atomic E-state index is 0.190. The first-order valence-corrected chi connectivity index (χ1v) is 10.6. The zero-order valence-electron chi connectivity index (χ0n) is 16.2. The Morgan fingerprint density at radius 2 is 1.83 bits per heavy atom. The largest absolute Gasteiger partial charge is 0.452 e. The lowest BCUT2D eigenvalue weighted by Crippen LogP contribution is -2.44. The molecule has 1 aliphatic heterocycles. The first-order valence-electron chi connectivity index (χ1n) is 9.18. The van der Waals surface area contributed by atoms with Crippen molar-refractivity contribution >= 4 is 27.9 Å². The molecule has 2 rings (SSSR count). The maximum absolute atomic E-state index is 14.2. The number of halogens is 1. The number of benzene rings is 1. The summed E-state index contributed by atoms with van der Waals surface area (Å²) >= 11 is 0. The van der Waals surface area contributed by atoms with E-state index in [1.54, 1.807) is 13.8 Å². The van der Waals surface area contributed by atoms with Gasteiger partial charge in [-0.2, -0.15) is 4.31 Å². The second-order valence-electron chi connectivity index (χ2n) is 6.86. The fourth-order valence-corrected chi connectivity index (χ4v) is 4.36. The topological polar surface area (TPSA) is 122 Å². The molecule has 1 aromatic rings. The number of urea groups is 1.